The number of rotatable bonds is 7. The molecule has 5 nitrogen and oxygen atoms in total. The maximum atomic E-state index is 13.4. The maximum Gasteiger partial charge on any atom is 0.191 e. The average Bonchev–Trinajstić information content (AvgIpc) is 2.64. The highest BCUT2D eigenvalue weighted by Crippen LogP contribution is 2.22. The molecular weight excluding hydrogens is 353 g/mol. The number of halogens is 1. The van der Waals surface area contributed by atoms with Crippen LogP contribution >= 0.6 is 11.8 Å². The molecule has 0 saturated carbocycles. The Morgan fingerprint density at radius 2 is 1.85 bits per heavy atom. The fourth-order valence-corrected chi connectivity index (χ4v) is 3.05. The summed E-state index contributed by atoms with van der Waals surface area (Å²) in [4.78, 5) is 4.19. The Hall–Kier alpha value is -2.41. The molecule has 3 N–H and O–H groups in total. The second-order valence-corrected chi connectivity index (χ2v) is 6.49. The van der Waals surface area contributed by atoms with Gasteiger partial charge in [0.1, 0.15) is 17.3 Å². The summed E-state index contributed by atoms with van der Waals surface area (Å²) in [6.07, 6.45) is 1.99. The molecule has 0 aliphatic rings. The highest BCUT2D eigenvalue weighted by molar-refractivity contribution is 7.97. The third-order valence-electron chi connectivity index (χ3n) is 3.87. The van der Waals surface area contributed by atoms with Gasteiger partial charge in [-0.05, 0) is 47.7 Å². The Morgan fingerprint density at radius 1 is 1.12 bits per heavy atom. The smallest absolute Gasteiger partial charge is 0.191 e. The molecule has 0 bridgehead atoms. The number of nitrogens with zero attached hydrogens (tertiary/aromatic N) is 1. The monoisotopic (exact) mass is 377 g/mol. The van der Waals surface area contributed by atoms with Crippen LogP contribution in [0.5, 0.6) is 11.5 Å². The SMILES string of the molecule is CN=C(NCc1cc(OC)ccc1O)NCc1ccc(F)cc1CSC. The zero-order valence-electron chi connectivity index (χ0n) is 15.2. The van der Waals surface area contributed by atoms with Gasteiger partial charge in [0.05, 0.1) is 7.11 Å². The minimum absolute atomic E-state index is 0.189. The number of hydrogen-bond acceptors (Lipinski definition) is 4. The number of phenolic OH excluding ortho intramolecular Hbond substituents is 1. The molecule has 0 spiro atoms. The van der Waals surface area contributed by atoms with E-state index in [9.17, 15) is 9.50 Å². The van der Waals surface area contributed by atoms with E-state index >= 15 is 0 Å². The van der Waals surface area contributed by atoms with E-state index in [1.807, 2.05) is 6.26 Å². The van der Waals surface area contributed by atoms with Gasteiger partial charge in [0, 0.05) is 31.5 Å². The summed E-state index contributed by atoms with van der Waals surface area (Å²) in [6.45, 7) is 0.920. The lowest BCUT2D eigenvalue weighted by molar-refractivity contribution is 0.410. The molecule has 140 valence electrons. The fraction of sp³-hybridized carbons (Fsp3) is 0.316. The Morgan fingerprint density at radius 3 is 2.50 bits per heavy atom. The predicted molar refractivity (Wildman–Crippen MR) is 105 cm³/mol. The summed E-state index contributed by atoms with van der Waals surface area (Å²) < 4.78 is 18.6. The molecule has 0 radical (unpaired) electrons. The van der Waals surface area contributed by atoms with Crippen molar-refractivity contribution < 1.29 is 14.2 Å². The number of ether oxygens (including phenoxy) is 1. The van der Waals surface area contributed by atoms with E-state index in [-0.39, 0.29) is 11.6 Å². The first-order valence-corrected chi connectivity index (χ1v) is 9.53. The molecule has 7 heteroatoms. The highest BCUT2D eigenvalue weighted by Gasteiger charge is 2.07. The number of aliphatic imine (C=N–C) groups is 1. The first-order valence-electron chi connectivity index (χ1n) is 8.14. The van der Waals surface area contributed by atoms with Gasteiger partial charge in [0.2, 0.25) is 0 Å². The van der Waals surface area contributed by atoms with Crippen LogP contribution < -0.4 is 15.4 Å². The molecule has 0 amide bonds. The third-order valence-corrected chi connectivity index (χ3v) is 4.47. The lowest BCUT2D eigenvalue weighted by Crippen LogP contribution is -2.36. The van der Waals surface area contributed by atoms with Gasteiger partial charge in [-0.3, -0.25) is 4.99 Å². The number of benzene rings is 2. The standard InChI is InChI=1S/C19H24FN3O2S/c1-21-19(23-11-14-9-17(25-2)6-7-18(14)24)22-10-13-4-5-16(20)8-15(13)12-26-3/h4-9,24H,10-12H2,1-3H3,(H2,21,22,23). The number of phenols is 1. The van der Waals surface area contributed by atoms with E-state index in [0.29, 0.717) is 30.4 Å². The van der Waals surface area contributed by atoms with E-state index in [2.05, 4.69) is 15.6 Å². The lowest BCUT2D eigenvalue weighted by Gasteiger charge is -2.15. The topological polar surface area (TPSA) is 65.9 Å². The molecule has 2 aromatic carbocycles. The van der Waals surface area contributed by atoms with E-state index in [1.54, 1.807) is 56.3 Å². The zero-order chi connectivity index (χ0) is 18.9. The van der Waals surface area contributed by atoms with Crippen molar-refractivity contribution in [1.82, 2.24) is 10.6 Å². The van der Waals surface area contributed by atoms with Crippen LogP contribution in [0.4, 0.5) is 4.39 Å². The number of hydrogen-bond donors (Lipinski definition) is 3. The highest BCUT2D eigenvalue weighted by atomic mass is 32.2. The van der Waals surface area contributed by atoms with Crippen LogP contribution in [0.3, 0.4) is 0 Å². The van der Waals surface area contributed by atoms with Crippen molar-refractivity contribution in [2.75, 3.05) is 20.4 Å². The second-order valence-electron chi connectivity index (χ2n) is 5.62. The van der Waals surface area contributed by atoms with Gasteiger partial charge < -0.3 is 20.5 Å². The largest absolute Gasteiger partial charge is 0.508 e. The number of methoxy groups -OCH3 is 1. The summed E-state index contributed by atoms with van der Waals surface area (Å²) in [6, 6.07) is 9.89. The van der Waals surface area contributed by atoms with Crippen molar-refractivity contribution in [1.29, 1.82) is 0 Å². The lowest BCUT2D eigenvalue weighted by atomic mass is 10.1. The minimum Gasteiger partial charge on any atom is -0.508 e. The van der Waals surface area contributed by atoms with Crippen molar-refractivity contribution in [3.8, 4) is 11.5 Å². The van der Waals surface area contributed by atoms with Gasteiger partial charge in [0.25, 0.3) is 0 Å². The van der Waals surface area contributed by atoms with Gasteiger partial charge in [-0.25, -0.2) is 4.39 Å². The molecule has 26 heavy (non-hydrogen) atoms. The number of nitrogens with one attached hydrogen (secondary N) is 2. The molecular formula is C19H24FN3O2S. The molecule has 0 aliphatic heterocycles. The van der Waals surface area contributed by atoms with Crippen LogP contribution in [0.25, 0.3) is 0 Å². The molecule has 2 rings (SSSR count). The van der Waals surface area contributed by atoms with Crippen molar-refractivity contribution in [3.05, 3.63) is 58.9 Å². The first-order chi connectivity index (χ1) is 12.6. The van der Waals surface area contributed by atoms with Crippen molar-refractivity contribution in [2.45, 2.75) is 18.8 Å². The van der Waals surface area contributed by atoms with E-state index in [1.165, 1.54) is 6.07 Å². The predicted octanol–water partition coefficient (Wildman–Crippen LogP) is 3.27. The van der Waals surface area contributed by atoms with Gasteiger partial charge in [-0.2, -0.15) is 11.8 Å². The summed E-state index contributed by atoms with van der Waals surface area (Å²) in [7, 11) is 3.26. The molecule has 2 aromatic rings. The molecule has 0 fully saturated rings. The number of aromatic hydroxyl groups is 1. The molecule has 0 unspecified atom stereocenters. The van der Waals surface area contributed by atoms with E-state index < -0.39 is 0 Å². The van der Waals surface area contributed by atoms with Crippen LogP contribution in [0.2, 0.25) is 0 Å². The first kappa shape index (κ1) is 19.9. The Balaban J connectivity index is 1.99. The summed E-state index contributed by atoms with van der Waals surface area (Å²) in [5.41, 5.74) is 2.69. The van der Waals surface area contributed by atoms with E-state index in [0.717, 1.165) is 16.9 Å². The Kier molecular flexibility index (Phi) is 7.59. The molecule has 0 aliphatic carbocycles. The molecule has 0 atom stereocenters. The maximum absolute atomic E-state index is 13.4. The summed E-state index contributed by atoms with van der Waals surface area (Å²) in [5, 5.41) is 16.3. The molecule has 0 heterocycles. The van der Waals surface area contributed by atoms with Gasteiger partial charge in [-0.1, -0.05) is 6.07 Å². The summed E-state index contributed by atoms with van der Waals surface area (Å²) >= 11 is 1.65. The van der Waals surface area contributed by atoms with Crippen LogP contribution in [-0.2, 0) is 18.8 Å². The van der Waals surface area contributed by atoms with Gasteiger partial charge in [0.15, 0.2) is 5.96 Å². The summed E-state index contributed by atoms with van der Waals surface area (Å²) in [5.74, 6) is 1.98. The third kappa shape index (κ3) is 5.56. The van der Waals surface area contributed by atoms with Gasteiger partial charge >= 0.3 is 0 Å². The zero-order valence-corrected chi connectivity index (χ0v) is 16.0. The Bertz CT molecular complexity index is 768. The number of guanidine groups is 1. The van der Waals surface area contributed by atoms with Crippen molar-refractivity contribution in [3.63, 3.8) is 0 Å². The van der Waals surface area contributed by atoms with Crippen LogP contribution in [0.15, 0.2) is 41.4 Å². The van der Waals surface area contributed by atoms with E-state index in [4.69, 9.17) is 4.74 Å². The quantitative estimate of drug-likeness (QED) is 0.511. The van der Waals surface area contributed by atoms with Crippen molar-refractivity contribution in [2.24, 2.45) is 4.99 Å². The van der Waals surface area contributed by atoms with Crippen LogP contribution in [-0.4, -0.2) is 31.5 Å². The molecule has 0 aromatic heterocycles. The normalized spacial score (nSPS) is 11.3. The van der Waals surface area contributed by atoms with Crippen molar-refractivity contribution >= 4 is 17.7 Å². The fourth-order valence-electron chi connectivity index (χ4n) is 2.47. The Labute approximate surface area is 157 Å². The van der Waals surface area contributed by atoms with Crippen LogP contribution in [0.1, 0.15) is 16.7 Å². The minimum atomic E-state index is -0.228. The van der Waals surface area contributed by atoms with Crippen LogP contribution in [0, 0.1) is 5.82 Å². The number of thioether (sulfide) groups is 1. The molecule has 0 saturated heterocycles. The van der Waals surface area contributed by atoms with Gasteiger partial charge in [-0.15, -0.1) is 0 Å². The second kappa shape index (κ2) is 9.91. The average molecular weight is 377 g/mol.